The molecule has 154 valence electrons. The molecule has 1 fully saturated rings. The maximum atomic E-state index is 12.2. The normalized spacial score (nSPS) is 14.8. The summed E-state index contributed by atoms with van der Waals surface area (Å²) in [6.45, 7) is 2.44. The van der Waals surface area contributed by atoms with Crippen molar-refractivity contribution in [1.29, 1.82) is 0 Å². The van der Waals surface area contributed by atoms with Crippen molar-refractivity contribution in [2.24, 2.45) is 0 Å². The van der Waals surface area contributed by atoms with Crippen LogP contribution in [0.2, 0.25) is 0 Å². The summed E-state index contributed by atoms with van der Waals surface area (Å²) in [5.74, 6) is 0.808. The quantitative estimate of drug-likeness (QED) is 0.672. The van der Waals surface area contributed by atoms with E-state index in [0.29, 0.717) is 13.1 Å². The van der Waals surface area contributed by atoms with Crippen LogP contribution in [0.5, 0.6) is 5.75 Å². The number of carbonyl (C=O) groups is 2. The standard InChI is InChI=1S/C22H28N4O3/c1-29-20-9-7-17(8-10-20)15-23-21(27)16-26-13-11-19(12-14-26)25-22(28)24-18-5-3-2-4-6-18/h2-10,19H,11-16H2,1H3,(H,23,27)(H2,24,25,28). The van der Waals surface area contributed by atoms with Gasteiger partial charge in [0.1, 0.15) is 5.75 Å². The first kappa shape index (κ1) is 20.7. The van der Waals surface area contributed by atoms with Gasteiger partial charge in [-0.15, -0.1) is 0 Å². The number of methoxy groups -OCH3 is 1. The van der Waals surface area contributed by atoms with Crippen LogP contribution in [0, 0.1) is 0 Å². The predicted molar refractivity (Wildman–Crippen MR) is 113 cm³/mol. The smallest absolute Gasteiger partial charge is 0.319 e. The lowest BCUT2D eigenvalue weighted by atomic mass is 10.1. The van der Waals surface area contributed by atoms with Gasteiger partial charge in [0, 0.05) is 31.4 Å². The van der Waals surface area contributed by atoms with E-state index in [2.05, 4.69) is 20.9 Å². The lowest BCUT2D eigenvalue weighted by Gasteiger charge is -2.31. The highest BCUT2D eigenvalue weighted by Gasteiger charge is 2.22. The van der Waals surface area contributed by atoms with E-state index >= 15 is 0 Å². The zero-order chi connectivity index (χ0) is 20.5. The van der Waals surface area contributed by atoms with E-state index in [-0.39, 0.29) is 18.0 Å². The summed E-state index contributed by atoms with van der Waals surface area (Å²) in [7, 11) is 1.63. The van der Waals surface area contributed by atoms with Crippen LogP contribution in [0.3, 0.4) is 0 Å². The Labute approximate surface area is 171 Å². The van der Waals surface area contributed by atoms with E-state index in [9.17, 15) is 9.59 Å². The lowest BCUT2D eigenvalue weighted by Crippen LogP contribution is -2.48. The van der Waals surface area contributed by atoms with Crippen molar-refractivity contribution in [2.45, 2.75) is 25.4 Å². The monoisotopic (exact) mass is 396 g/mol. The molecule has 0 aromatic heterocycles. The fraction of sp³-hybridized carbons (Fsp3) is 0.364. The maximum absolute atomic E-state index is 12.2. The van der Waals surface area contributed by atoms with Crippen LogP contribution in [0.25, 0.3) is 0 Å². The largest absolute Gasteiger partial charge is 0.497 e. The van der Waals surface area contributed by atoms with Crippen molar-refractivity contribution in [3.8, 4) is 5.75 Å². The van der Waals surface area contributed by atoms with Crippen molar-refractivity contribution < 1.29 is 14.3 Å². The van der Waals surface area contributed by atoms with Crippen LogP contribution in [-0.4, -0.2) is 49.6 Å². The van der Waals surface area contributed by atoms with Gasteiger partial charge in [0.2, 0.25) is 5.91 Å². The van der Waals surface area contributed by atoms with Gasteiger partial charge in [-0.25, -0.2) is 4.79 Å². The molecular formula is C22H28N4O3. The summed E-state index contributed by atoms with van der Waals surface area (Å²) in [4.78, 5) is 26.4. The number of likely N-dealkylation sites (tertiary alicyclic amines) is 1. The highest BCUT2D eigenvalue weighted by Crippen LogP contribution is 2.12. The summed E-state index contributed by atoms with van der Waals surface area (Å²) in [5.41, 5.74) is 1.81. The third kappa shape index (κ3) is 6.80. The predicted octanol–water partition coefficient (Wildman–Crippen LogP) is 2.60. The first-order chi connectivity index (χ1) is 14.1. The molecule has 0 saturated carbocycles. The third-order valence-electron chi connectivity index (χ3n) is 4.97. The highest BCUT2D eigenvalue weighted by atomic mass is 16.5. The molecule has 1 aliphatic rings. The van der Waals surface area contributed by atoms with Crippen LogP contribution in [0.15, 0.2) is 54.6 Å². The fourth-order valence-corrected chi connectivity index (χ4v) is 3.31. The maximum Gasteiger partial charge on any atom is 0.319 e. The second-order valence-corrected chi connectivity index (χ2v) is 7.14. The fourth-order valence-electron chi connectivity index (χ4n) is 3.31. The number of rotatable bonds is 7. The number of para-hydroxylation sites is 1. The number of benzene rings is 2. The number of urea groups is 1. The number of piperidine rings is 1. The van der Waals surface area contributed by atoms with Crippen LogP contribution < -0.4 is 20.7 Å². The highest BCUT2D eigenvalue weighted by molar-refractivity contribution is 5.89. The number of nitrogens with zero attached hydrogens (tertiary/aromatic N) is 1. The number of ether oxygens (including phenoxy) is 1. The van der Waals surface area contributed by atoms with Crippen LogP contribution in [0.1, 0.15) is 18.4 Å². The Kier molecular flexibility index (Phi) is 7.47. The molecule has 1 heterocycles. The van der Waals surface area contributed by atoms with Crippen molar-refractivity contribution >= 4 is 17.6 Å². The summed E-state index contributed by atoms with van der Waals surface area (Å²) in [5, 5.41) is 8.80. The van der Waals surface area contributed by atoms with E-state index in [1.807, 2.05) is 54.6 Å². The average molecular weight is 396 g/mol. The third-order valence-corrected chi connectivity index (χ3v) is 4.97. The van der Waals surface area contributed by atoms with E-state index in [1.165, 1.54) is 0 Å². The van der Waals surface area contributed by atoms with Gasteiger partial charge in [0.25, 0.3) is 0 Å². The molecule has 3 rings (SSSR count). The molecule has 0 spiro atoms. The van der Waals surface area contributed by atoms with Gasteiger partial charge in [-0.05, 0) is 42.7 Å². The Morgan fingerprint density at radius 1 is 1.03 bits per heavy atom. The molecule has 0 radical (unpaired) electrons. The summed E-state index contributed by atoms with van der Waals surface area (Å²) in [6, 6.07) is 17.0. The average Bonchev–Trinajstić information content (AvgIpc) is 2.75. The van der Waals surface area contributed by atoms with E-state index in [1.54, 1.807) is 7.11 Å². The van der Waals surface area contributed by atoms with Gasteiger partial charge in [0.15, 0.2) is 0 Å². The molecule has 7 heteroatoms. The molecule has 3 amide bonds. The van der Waals surface area contributed by atoms with Gasteiger partial charge in [-0.3, -0.25) is 9.69 Å². The van der Waals surface area contributed by atoms with E-state index in [0.717, 1.165) is 42.9 Å². The van der Waals surface area contributed by atoms with Crippen molar-refractivity contribution in [2.75, 3.05) is 32.1 Å². The molecule has 2 aromatic rings. The summed E-state index contributed by atoms with van der Waals surface area (Å²) < 4.78 is 5.13. The van der Waals surface area contributed by atoms with Crippen LogP contribution in [-0.2, 0) is 11.3 Å². The van der Waals surface area contributed by atoms with E-state index < -0.39 is 0 Å². The zero-order valence-corrected chi connectivity index (χ0v) is 16.7. The zero-order valence-electron chi connectivity index (χ0n) is 16.7. The van der Waals surface area contributed by atoms with E-state index in [4.69, 9.17) is 4.74 Å². The second-order valence-electron chi connectivity index (χ2n) is 7.14. The molecule has 7 nitrogen and oxygen atoms in total. The molecule has 0 aliphatic carbocycles. The molecule has 3 N–H and O–H groups in total. The number of amides is 3. The Balaban J connectivity index is 1.33. The van der Waals surface area contributed by atoms with Gasteiger partial charge in [0.05, 0.1) is 13.7 Å². The van der Waals surface area contributed by atoms with Crippen molar-refractivity contribution in [3.05, 3.63) is 60.2 Å². The summed E-state index contributed by atoms with van der Waals surface area (Å²) >= 11 is 0. The number of hydrogen-bond donors (Lipinski definition) is 3. The number of carbonyl (C=O) groups excluding carboxylic acids is 2. The van der Waals surface area contributed by atoms with Crippen molar-refractivity contribution in [3.63, 3.8) is 0 Å². The molecule has 0 bridgehead atoms. The Bertz CT molecular complexity index is 787. The molecule has 2 aromatic carbocycles. The Morgan fingerprint density at radius 2 is 1.72 bits per heavy atom. The number of nitrogens with one attached hydrogen (secondary N) is 3. The Morgan fingerprint density at radius 3 is 2.38 bits per heavy atom. The molecule has 1 saturated heterocycles. The molecule has 29 heavy (non-hydrogen) atoms. The number of anilines is 1. The minimum atomic E-state index is -0.188. The van der Waals surface area contributed by atoms with Crippen LogP contribution in [0.4, 0.5) is 10.5 Å². The van der Waals surface area contributed by atoms with Gasteiger partial charge in [-0.2, -0.15) is 0 Å². The molecule has 1 aliphatic heterocycles. The molecular weight excluding hydrogens is 368 g/mol. The number of hydrogen-bond acceptors (Lipinski definition) is 4. The van der Waals surface area contributed by atoms with Crippen LogP contribution >= 0.6 is 0 Å². The SMILES string of the molecule is COc1ccc(CNC(=O)CN2CCC(NC(=O)Nc3ccccc3)CC2)cc1. The topological polar surface area (TPSA) is 82.7 Å². The first-order valence-electron chi connectivity index (χ1n) is 9.87. The molecule has 0 atom stereocenters. The van der Waals surface area contributed by atoms with Gasteiger partial charge < -0.3 is 20.7 Å². The lowest BCUT2D eigenvalue weighted by molar-refractivity contribution is -0.122. The first-order valence-corrected chi connectivity index (χ1v) is 9.87. The minimum absolute atomic E-state index is 0.00838. The minimum Gasteiger partial charge on any atom is -0.497 e. The molecule has 0 unspecified atom stereocenters. The van der Waals surface area contributed by atoms with Crippen molar-refractivity contribution in [1.82, 2.24) is 15.5 Å². The Hall–Kier alpha value is -3.06. The summed E-state index contributed by atoms with van der Waals surface area (Å²) in [6.07, 6.45) is 1.65. The van der Waals surface area contributed by atoms with Gasteiger partial charge >= 0.3 is 6.03 Å². The second kappa shape index (κ2) is 10.5. The van der Waals surface area contributed by atoms with Gasteiger partial charge in [-0.1, -0.05) is 30.3 Å².